The molecule has 1 aliphatic rings. The molecule has 3 nitrogen and oxygen atoms in total. The van der Waals surface area contributed by atoms with Gasteiger partial charge in [-0.15, -0.1) is 0 Å². The van der Waals surface area contributed by atoms with Crippen molar-refractivity contribution in [2.75, 3.05) is 6.54 Å². The van der Waals surface area contributed by atoms with Gasteiger partial charge in [-0.1, -0.05) is 26.7 Å². The molecule has 0 aromatic rings. The molecule has 0 spiro atoms. The lowest BCUT2D eigenvalue weighted by Crippen LogP contribution is -2.45. The fourth-order valence-corrected chi connectivity index (χ4v) is 1.86. The molecular weight excluding hydrogens is 188 g/mol. The molecule has 3 heteroatoms. The van der Waals surface area contributed by atoms with Crippen LogP contribution in [0, 0.1) is 0 Å². The molecule has 0 bridgehead atoms. The number of rotatable bonds is 7. The Morgan fingerprint density at radius 2 is 2.07 bits per heavy atom. The van der Waals surface area contributed by atoms with E-state index in [1.54, 1.807) is 0 Å². The lowest BCUT2D eigenvalue weighted by molar-refractivity contribution is -0.133. The second-order valence-electron chi connectivity index (χ2n) is 4.51. The van der Waals surface area contributed by atoms with E-state index >= 15 is 0 Å². The summed E-state index contributed by atoms with van der Waals surface area (Å²) in [6.45, 7) is 5.12. The van der Waals surface area contributed by atoms with Crippen molar-refractivity contribution in [2.24, 2.45) is 5.73 Å². The maximum atomic E-state index is 12.0. The van der Waals surface area contributed by atoms with Gasteiger partial charge in [-0.3, -0.25) is 4.79 Å². The van der Waals surface area contributed by atoms with Crippen molar-refractivity contribution >= 4 is 5.91 Å². The van der Waals surface area contributed by atoms with Crippen LogP contribution in [0.5, 0.6) is 0 Å². The van der Waals surface area contributed by atoms with Crippen LogP contribution in [0.4, 0.5) is 0 Å². The molecule has 0 unspecified atom stereocenters. The largest absolute Gasteiger partial charge is 0.338 e. The molecule has 0 aliphatic heterocycles. The zero-order chi connectivity index (χ0) is 11.3. The number of nitrogens with two attached hydrogens (primary N) is 1. The first-order valence-corrected chi connectivity index (χ1v) is 6.26. The number of unbranched alkanes of at least 4 members (excludes halogenated alkanes) is 1. The molecule has 0 aromatic carbocycles. The topological polar surface area (TPSA) is 46.3 Å². The summed E-state index contributed by atoms with van der Waals surface area (Å²) < 4.78 is 0. The van der Waals surface area contributed by atoms with Gasteiger partial charge in [0.2, 0.25) is 5.91 Å². The van der Waals surface area contributed by atoms with Gasteiger partial charge in [0, 0.05) is 12.6 Å². The minimum Gasteiger partial charge on any atom is -0.338 e. The second-order valence-corrected chi connectivity index (χ2v) is 4.51. The van der Waals surface area contributed by atoms with E-state index < -0.39 is 0 Å². The smallest absolute Gasteiger partial charge is 0.239 e. The highest BCUT2D eigenvalue weighted by Gasteiger charge is 2.33. The lowest BCUT2D eigenvalue weighted by atomic mass is 10.1. The molecule has 0 heterocycles. The summed E-state index contributed by atoms with van der Waals surface area (Å²) in [4.78, 5) is 14.0. The molecule has 0 aromatic heterocycles. The average molecular weight is 212 g/mol. The third-order valence-corrected chi connectivity index (χ3v) is 2.92. The Labute approximate surface area is 93.0 Å². The van der Waals surface area contributed by atoms with Gasteiger partial charge in [0.05, 0.1) is 6.04 Å². The van der Waals surface area contributed by atoms with Crippen molar-refractivity contribution in [2.45, 2.75) is 64.5 Å². The molecule has 88 valence electrons. The fraction of sp³-hybridized carbons (Fsp3) is 0.917. The Bertz CT molecular complexity index is 202. The monoisotopic (exact) mass is 212 g/mol. The summed E-state index contributed by atoms with van der Waals surface area (Å²) >= 11 is 0. The summed E-state index contributed by atoms with van der Waals surface area (Å²) in [5.41, 5.74) is 5.91. The van der Waals surface area contributed by atoms with E-state index in [0.29, 0.717) is 6.04 Å². The van der Waals surface area contributed by atoms with E-state index in [0.717, 1.165) is 32.2 Å². The molecule has 1 saturated carbocycles. The van der Waals surface area contributed by atoms with Crippen LogP contribution in [0.15, 0.2) is 0 Å². The van der Waals surface area contributed by atoms with E-state index in [1.807, 2.05) is 4.90 Å². The Hall–Kier alpha value is -0.570. The van der Waals surface area contributed by atoms with Crippen molar-refractivity contribution in [3.63, 3.8) is 0 Å². The van der Waals surface area contributed by atoms with Crippen LogP contribution in [0.1, 0.15) is 52.4 Å². The van der Waals surface area contributed by atoms with Gasteiger partial charge in [0.1, 0.15) is 0 Å². The molecule has 1 aliphatic carbocycles. The van der Waals surface area contributed by atoms with Crippen LogP contribution in [0.25, 0.3) is 0 Å². The zero-order valence-electron chi connectivity index (χ0n) is 10.0. The molecule has 1 atom stereocenters. The summed E-state index contributed by atoms with van der Waals surface area (Å²) in [6, 6.07) is 0.238. The van der Waals surface area contributed by atoms with Gasteiger partial charge in [0.25, 0.3) is 0 Å². The predicted octanol–water partition coefficient (Wildman–Crippen LogP) is 1.90. The first-order valence-electron chi connectivity index (χ1n) is 6.26. The molecule has 1 amide bonds. The standard InChI is InChI=1S/C12H24N2O/c1-3-5-6-11(13)12(15)14(9-4-2)10-7-8-10/h10-11H,3-9,13H2,1-2H3/t11-/m0/s1. The highest BCUT2D eigenvalue weighted by molar-refractivity contribution is 5.82. The average Bonchev–Trinajstić information content (AvgIpc) is 3.05. The van der Waals surface area contributed by atoms with Crippen LogP contribution in [0.2, 0.25) is 0 Å². The van der Waals surface area contributed by atoms with Gasteiger partial charge < -0.3 is 10.6 Å². The quantitative estimate of drug-likeness (QED) is 0.700. The van der Waals surface area contributed by atoms with E-state index in [9.17, 15) is 4.79 Å². The predicted molar refractivity (Wildman–Crippen MR) is 62.5 cm³/mol. The van der Waals surface area contributed by atoms with Gasteiger partial charge >= 0.3 is 0 Å². The number of nitrogens with zero attached hydrogens (tertiary/aromatic N) is 1. The minimum absolute atomic E-state index is 0.174. The number of amides is 1. The molecule has 0 saturated heterocycles. The number of hydrogen-bond acceptors (Lipinski definition) is 2. The molecule has 1 rings (SSSR count). The van der Waals surface area contributed by atoms with Crippen molar-refractivity contribution in [1.82, 2.24) is 4.90 Å². The van der Waals surface area contributed by atoms with Crippen LogP contribution in [0.3, 0.4) is 0 Å². The first kappa shape index (κ1) is 12.5. The summed E-state index contributed by atoms with van der Waals surface area (Å²) in [7, 11) is 0. The number of carbonyl (C=O) groups excluding carboxylic acids is 1. The summed E-state index contributed by atoms with van der Waals surface area (Å²) in [5, 5.41) is 0. The van der Waals surface area contributed by atoms with E-state index in [1.165, 1.54) is 12.8 Å². The summed E-state index contributed by atoms with van der Waals surface area (Å²) in [5.74, 6) is 0.174. The molecule has 1 fully saturated rings. The third-order valence-electron chi connectivity index (χ3n) is 2.92. The van der Waals surface area contributed by atoms with Gasteiger partial charge in [-0.05, 0) is 25.7 Å². The molecular formula is C12H24N2O. The Balaban J connectivity index is 2.39. The lowest BCUT2D eigenvalue weighted by Gasteiger charge is -2.25. The van der Waals surface area contributed by atoms with Gasteiger partial charge in [-0.25, -0.2) is 0 Å². The molecule has 2 N–H and O–H groups in total. The van der Waals surface area contributed by atoms with E-state index in [2.05, 4.69) is 13.8 Å². The SMILES string of the molecule is CCCC[C@H](N)C(=O)N(CCC)C1CC1. The van der Waals surface area contributed by atoms with Gasteiger partial charge in [-0.2, -0.15) is 0 Å². The number of carbonyl (C=O) groups is 1. The van der Waals surface area contributed by atoms with Gasteiger partial charge in [0.15, 0.2) is 0 Å². The third kappa shape index (κ3) is 3.82. The highest BCUT2D eigenvalue weighted by Crippen LogP contribution is 2.27. The van der Waals surface area contributed by atoms with Crippen LogP contribution in [-0.2, 0) is 4.79 Å². The first-order chi connectivity index (χ1) is 7.20. The van der Waals surface area contributed by atoms with E-state index in [4.69, 9.17) is 5.73 Å². The Kier molecular flexibility index (Phi) is 5.09. The van der Waals surface area contributed by atoms with Crippen molar-refractivity contribution in [3.05, 3.63) is 0 Å². The molecule has 15 heavy (non-hydrogen) atoms. The highest BCUT2D eigenvalue weighted by atomic mass is 16.2. The van der Waals surface area contributed by atoms with Crippen LogP contribution >= 0.6 is 0 Å². The van der Waals surface area contributed by atoms with Crippen LogP contribution < -0.4 is 5.73 Å². The van der Waals surface area contributed by atoms with Crippen molar-refractivity contribution < 1.29 is 4.79 Å². The zero-order valence-corrected chi connectivity index (χ0v) is 10.0. The van der Waals surface area contributed by atoms with Crippen LogP contribution in [-0.4, -0.2) is 29.4 Å². The second kappa shape index (κ2) is 6.11. The Morgan fingerprint density at radius 3 is 2.53 bits per heavy atom. The maximum Gasteiger partial charge on any atom is 0.239 e. The Morgan fingerprint density at radius 1 is 1.40 bits per heavy atom. The maximum absolute atomic E-state index is 12.0. The molecule has 0 radical (unpaired) electrons. The van der Waals surface area contributed by atoms with Crippen molar-refractivity contribution in [3.8, 4) is 0 Å². The normalized spacial score (nSPS) is 17.5. The minimum atomic E-state index is -0.267. The van der Waals surface area contributed by atoms with Crippen molar-refractivity contribution in [1.29, 1.82) is 0 Å². The fourth-order valence-electron chi connectivity index (χ4n) is 1.86. The summed E-state index contributed by atoms with van der Waals surface area (Å²) in [6.07, 6.45) is 6.37. The van der Waals surface area contributed by atoms with E-state index in [-0.39, 0.29) is 11.9 Å². The number of hydrogen-bond donors (Lipinski definition) is 1.